The van der Waals surface area contributed by atoms with E-state index in [1.165, 1.54) is 4.90 Å². The van der Waals surface area contributed by atoms with Gasteiger partial charge in [-0.3, -0.25) is 4.99 Å². The Kier molecular flexibility index (Phi) is 6.48. The number of amides is 1. The molecule has 0 atom stereocenters. The Bertz CT molecular complexity index is 259. The second kappa shape index (κ2) is 6.78. The van der Waals surface area contributed by atoms with E-state index in [2.05, 4.69) is 4.99 Å². The van der Waals surface area contributed by atoms with E-state index in [1.54, 1.807) is 18.8 Å². The molecule has 0 N–H and O–H groups in total. The van der Waals surface area contributed by atoms with Crippen LogP contribution in [0.2, 0.25) is 0 Å². The second-order valence-electron chi connectivity index (χ2n) is 4.41. The fourth-order valence-electron chi connectivity index (χ4n) is 0.963. The maximum Gasteiger partial charge on any atom is 0.410 e. The summed E-state index contributed by atoms with van der Waals surface area (Å²) in [5.41, 5.74) is -0.452. The Balaban J connectivity index is 4.29. The lowest BCUT2D eigenvalue weighted by molar-refractivity contribution is 0.0325. The normalized spacial score (nSPS) is 12.5. The molecule has 1 amide bonds. The summed E-state index contributed by atoms with van der Waals surface area (Å²) in [4.78, 5) is 17.5. The first-order chi connectivity index (χ1) is 7.30. The third kappa shape index (κ3) is 6.71. The van der Waals surface area contributed by atoms with Crippen LogP contribution in [-0.2, 0) is 4.74 Å². The van der Waals surface area contributed by atoms with Crippen LogP contribution in [0.15, 0.2) is 4.99 Å². The molecule has 0 unspecified atom stereocenters. The summed E-state index contributed by atoms with van der Waals surface area (Å²) in [6, 6.07) is 0. The molecule has 0 fully saturated rings. The van der Waals surface area contributed by atoms with Crippen molar-refractivity contribution in [2.75, 3.05) is 26.4 Å². The van der Waals surface area contributed by atoms with Crippen LogP contribution < -0.4 is 0 Å². The largest absolute Gasteiger partial charge is 0.444 e. The molecule has 0 rings (SSSR count). The summed E-state index contributed by atoms with van der Waals surface area (Å²) in [5.74, 6) is 0. The Hall–Kier alpha value is -0.710. The van der Waals surface area contributed by atoms with Crippen LogP contribution in [0, 0.1) is 0 Å². The number of hydrogen-bond donors (Lipinski definition) is 0. The molecule has 0 bridgehead atoms. The van der Waals surface area contributed by atoms with Gasteiger partial charge in [-0.25, -0.2) is 4.79 Å². The fourth-order valence-corrected chi connectivity index (χ4v) is 1.54. The van der Waals surface area contributed by atoms with Crippen LogP contribution in [0.5, 0.6) is 0 Å². The van der Waals surface area contributed by atoms with Crippen LogP contribution in [0.25, 0.3) is 0 Å². The van der Waals surface area contributed by atoms with Crippen molar-refractivity contribution >= 4 is 22.9 Å². The van der Waals surface area contributed by atoms with E-state index in [0.717, 1.165) is 11.6 Å². The molecule has 0 saturated heterocycles. The molecule has 4 nitrogen and oxygen atoms in total. The molecule has 0 saturated carbocycles. The molecule has 0 aromatic heterocycles. The van der Waals surface area contributed by atoms with E-state index in [-0.39, 0.29) is 6.09 Å². The third-order valence-corrected chi connectivity index (χ3v) is 2.38. The summed E-state index contributed by atoms with van der Waals surface area (Å²) in [6.07, 6.45) is 1.64. The molecular formula is C11H22N2O2S. The molecular weight excluding hydrogens is 224 g/mol. The smallest absolute Gasteiger partial charge is 0.410 e. The van der Waals surface area contributed by atoms with Gasteiger partial charge in [0.15, 0.2) is 0 Å². The first kappa shape index (κ1) is 15.3. The van der Waals surface area contributed by atoms with E-state index in [1.807, 2.05) is 34.0 Å². The lowest BCUT2D eigenvalue weighted by Gasteiger charge is -2.24. The zero-order valence-electron chi connectivity index (χ0n) is 11.0. The highest BCUT2D eigenvalue weighted by molar-refractivity contribution is 8.13. The van der Waals surface area contributed by atoms with Gasteiger partial charge < -0.3 is 9.64 Å². The Morgan fingerprint density at radius 2 is 2.00 bits per heavy atom. The first-order valence-corrected chi connectivity index (χ1v) is 6.54. The van der Waals surface area contributed by atoms with Gasteiger partial charge in [-0.05, 0) is 34.0 Å². The zero-order valence-corrected chi connectivity index (χ0v) is 11.8. The Morgan fingerprint density at radius 3 is 2.38 bits per heavy atom. The van der Waals surface area contributed by atoms with Crippen LogP contribution in [0.4, 0.5) is 4.79 Å². The van der Waals surface area contributed by atoms with Gasteiger partial charge in [0.2, 0.25) is 0 Å². The van der Waals surface area contributed by atoms with Gasteiger partial charge in [-0.2, -0.15) is 0 Å². The quantitative estimate of drug-likeness (QED) is 0.568. The standard InChI is InChI=1S/C11H22N2O2S/c1-7-12-9(16-6)8-13(5)10(14)15-11(2,3)4/h7-8H2,1-6H3/b12-9+. The number of ether oxygens (including phenoxy) is 1. The monoisotopic (exact) mass is 246 g/mol. The molecule has 94 valence electrons. The van der Waals surface area contributed by atoms with Crippen molar-refractivity contribution in [2.45, 2.75) is 33.3 Å². The average Bonchev–Trinajstić information content (AvgIpc) is 2.14. The molecule has 0 heterocycles. The maximum absolute atomic E-state index is 11.7. The number of nitrogens with zero attached hydrogens (tertiary/aromatic N) is 2. The summed E-state index contributed by atoms with van der Waals surface area (Å²) in [7, 11) is 1.72. The molecule has 5 heteroatoms. The number of hydrogen-bond acceptors (Lipinski definition) is 4. The van der Waals surface area contributed by atoms with Gasteiger partial charge in [0.05, 0.1) is 11.6 Å². The minimum atomic E-state index is -0.452. The number of carbonyl (C=O) groups excluding carboxylic acids is 1. The minimum Gasteiger partial charge on any atom is -0.444 e. The molecule has 0 aliphatic carbocycles. The first-order valence-electron chi connectivity index (χ1n) is 5.31. The molecule has 0 aliphatic heterocycles. The predicted octanol–water partition coefficient (Wildman–Crippen LogP) is 2.63. The van der Waals surface area contributed by atoms with E-state index in [9.17, 15) is 4.79 Å². The van der Waals surface area contributed by atoms with Gasteiger partial charge in [0.25, 0.3) is 0 Å². The number of rotatable bonds is 3. The number of carbonyl (C=O) groups is 1. The lowest BCUT2D eigenvalue weighted by atomic mass is 10.2. The van der Waals surface area contributed by atoms with Gasteiger partial charge in [-0.1, -0.05) is 0 Å². The third-order valence-electron chi connectivity index (χ3n) is 1.65. The van der Waals surface area contributed by atoms with E-state index in [4.69, 9.17) is 4.74 Å². The minimum absolute atomic E-state index is 0.314. The predicted molar refractivity (Wildman–Crippen MR) is 70.4 cm³/mol. The SMILES string of the molecule is CC/N=C(\CN(C)C(=O)OC(C)(C)C)SC. The summed E-state index contributed by atoms with van der Waals surface area (Å²) >= 11 is 1.56. The van der Waals surface area contributed by atoms with Crippen LogP contribution in [-0.4, -0.2) is 48.0 Å². The lowest BCUT2D eigenvalue weighted by Crippen LogP contribution is -2.36. The van der Waals surface area contributed by atoms with Crippen molar-refractivity contribution in [3.05, 3.63) is 0 Å². The molecule has 0 aromatic rings. The van der Waals surface area contributed by atoms with Crippen LogP contribution in [0.3, 0.4) is 0 Å². The van der Waals surface area contributed by atoms with Crippen molar-refractivity contribution < 1.29 is 9.53 Å². The number of thioether (sulfide) groups is 1. The number of aliphatic imine (C=N–C) groups is 1. The average molecular weight is 246 g/mol. The zero-order chi connectivity index (χ0) is 12.8. The van der Waals surface area contributed by atoms with E-state index >= 15 is 0 Å². The van der Waals surface area contributed by atoms with Crippen molar-refractivity contribution in [1.82, 2.24) is 4.90 Å². The fraction of sp³-hybridized carbons (Fsp3) is 0.818. The van der Waals surface area contributed by atoms with Crippen molar-refractivity contribution in [1.29, 1.82) is 0 Å². The topological polar surface area (TPSA) is 41.9 Å². The van der Waals surface area contributed by atoms with Gasteiger partial charge in [0, 0.05) is 13.6 Å². The van der Waals surface area contributed by atoms with Gasteiger partial charge in [0.1, 0.15) is 5.60 Å². The molecule has 0 spiro atoms. The van der Waals surface area contributed by atoms with Crippen LogP contribution >= 0.6 is 11.8 Å². The van der Waals surface area contributed by atoms with Gasteiger partial charge in [-0.15, -0.1) is 11.8 Å². The van der Waals surface area contributed by atoms with Crippen molar-refractivity contribution in [2.24, 2.45) is 4.99 Å². The van der Waals surface area contributed by atoms with Crippen molar-refractivity contribution in [3.63, 3.8) is 0 Å². The van der Waals surface area contributed by atoms with Crippen LogP contribution in [0.1, 0.15) is 27.7 Å². The highest BCUT2D eigenvalue weighted by Crippen LogP contribution is 2.10. The molecule has 0 aromatic carbocycles. The summed E-state index contributed by atoms with van der Waals surface area (Å²) in [6.45, 7) is 8.78. The highest BCUT2D eigenvalue weighted by atomic mass is 32.2. The highest BCUT2D eigenvalue weighted by Gasteiger charge is 2.20. The Morgan fingerprint density at radius 1 is 1.44 bits per heavy atom. The maximum atomic E-state index is 11.7. The molecule has 0 radical (unpaired) electrons. The van der Waals surface area contributed by atoms with Gasteiger partial charge >= 0.3 is 6.09 Å². The van der Waals surface area contributed by atoms with E-state index in [0.29, 0.717) is 6.54 Å². The Labute approximate surface area is 102 Å². The van der Waals surface area contributed by atoms with E-state index < -0.39 is 5.60 Å². The van der Waals surface area contributed by atoms with Crippen molar-refractivity contribution in [3.8, 4) is 0 Å². The molecule has 0 aliphatic rings. The second-order valence-corrected chi connectivity index (χ2v) is 5.29. The summed E-state index contributed by atoms with van der Waals surface area (Å²) < 4.78 is 5.25. The summed E-state index contributed by atoms with van der Waals surface area (Å²) in [5, 5.41) is 0.941. The molecule has 16 heavy (non-hydrogen) atoms.